The van der Waals surface area contributed by atoms with Gasteiger partial charge < -0.3 is 19.8 Å². The van der Waals surface area contributed by atoms with Crippen molar-refractivity contribution in [3.8, 4) is 27.8 Å². The summed E-state index contributed by atoms with van der Waals surface area (Å²) in [6, 6.07) is 17.9. The molecule has 1 aliphatic rings. The summed E-state index contributed by atoms with van der Waals surface area (Å²) in [6.45, 7) is 0.854. The zero-order valence-corrected chi connectivity index (χ0v) is 16.7. The van der Waals surface area contributed by atoms with Crippen molar-refractivity contribution in [1.82, 2.24) is 9.88 Å². The van der Waals surface area contributed by atoms with E-state index >= 15 is 0 Å². The highest BCUT2D eigenvalue weighted by molar-refractivity contribution is 7.21. The van der Waals surface area contributed by atoms with Crippen LogP contribution in [0.5, 0.6) is 17.2 Å². The Hall–Kier alpha value is -3.58. The number of aromatic nitrogens is 1. The summed E-state index contributed by atoms with van der Waals surface area (Å²) < 4.78 is 6.82. The summed E-state index contributed by atoms with van der Waals surface area (Å²) in [4.78, 5) is 19.3. The first-order valence-corrected chi connectivity index (χ1v) is 10.3. The number of phenols is 2. The molecule has 5 rings (SSSR count). The van der Waals surface area contributed by atoms with Crippen LogP contribution in [0, 0.1) is 0 Å². The standard InChI is InChI=1S/C23H18N2O4S/c26-18-7-3-1-5-16(18)23(28)25-9-10-29-21-15(13-25)11-14(12-19(21)27)22-24-17-6-2-4-8-20(17)30-22/h1-8,11-12,26-27H,9-10,13H2. The fourth-order valence-corrected chi connectivity index (χ4v) is 4.57. The van der Waals surface area contributed by atoms with Crippen LogP contribution in [-0.4, -0.2) is 39.2 Å². The Morgan fingerprint density at radius 2 is 1.83 bits per heavy atom. The van der Waals surface area contributed by atoms with Crippen molar-refractivity contribution in [3.63, 3.8) is 0 Å². The number of hydrogen-bond acceptors (Lipinski definition) is 6. The molecule has 2 heterocycles. The van der Waals surface area contributed by atoms with E-state index in [4.69, 9.17) is 4.74 Å². The van der Waals surface area contributed by atoms with Gasteiger partial charge >= 0.3 is 0 Å². The summed E-state index contributed by atoms with van der Waals surface area (Å²) >= 11 is 1.54. The first kappa shape index (κ1) is 18.4. The van der Waals surface area contributed by atoms with Crippen molar-refractivity contribution in [3.05, 3.63) is 71.8 Å². The molecule has 4 aromatic rings. The van der Waals surface area contributed by atoms with Gasteiger partial charge in [-0.05, 0) is 36.4 Å². The maximum atomic E-state index is 13.0. The van der Waals surface area contributed by atoms with Gasteiger partial charge in [0.1, 0.15) is 17.4 Å². The molecule has 1 aromatic heterocycles. The first-order chi connectivity index (χ1) is 14.6. The Morgan fingerprint density at radius 1 is 1.03 bits per heavy atom. The van der Waals surface area contributed by atoms with Gasteiger partial charge in [-0.25, -0.2) is 4.98 Å². The molecule has 150 valence electrons. The topological polar surface area (TPSA) is 82.9 Å². The number of thiazole rings is 1. The lowest BCUT2D eigenvalue weighted by Gasteiger charge is -2.20. The van der Waals surface area contributed by atoms with Crippen LogP contribution in [0.4, 0.5) is 0 Å². The van der Waals surface area contributed by atoms with Gasteiger partial charge in [0.2, 0.25) is 0 Å². The minimum atomic E-state index is -0.283. The molecule has 30 heavy (non-hydrogen) atoms. The zero-order valence-electron chi connectivity index (χ0n) is 15.9. The number of carbonyl (C=O) groups excluding carboxylic acids is 1. The second-order valence-electron chi connectivity index (χ2n) is 7.06. The number of rotatable bonds is 2. The van der Waals surface area contributed by atoms with Crippen molar-refractivity contribution in [1.29, 1.82) is 0 Å². The number of hydrogen-bond donors (Lipinski definition) is 2. The molecule has 0 unspecified atom stereocenters. The molecule has 0 saturated heterocycles. The Bertz CT molecular complexity index is 1230. The van der Waals surface area contributed by atoms with Crippen LogP contribution in [0.2, 0.25) is 0 Å². The maximum absolute atomic E-state index is 13.0. The molecule has 2 N–H and O–H groups in total. The Morgan fingerprint density at radius 3 is 2.67 bits per heavy atom. The Balaban J connectivity index is 1.52. The van der Waals surface area contributed by atoms with Crippen LogP contribution in [0.25, 0.3) is 20.8 Å². The number of benzene rings is 3. The van der Waals surface area contributed by atoms with Crippen LogP contribution in [-0.2, 0) is 6.54 Å². The van der Waals surface area contributed by atoms with Crippen LogP contribution < -0.4 is 4.74 Å². The number of carbonyl (C=O) groups is 1. The average Bonchev–Trinajstić information content (AvgIpc) is 3.06. The van der Waals surface area contributed by atoms with E-state index in [1.807, 2.05) is 30.3 Å². The molecule has 3 aromatic carbocycles. The number of ether oxygens (including phenoxy) is 1. The highest BCUT2D eigenvalue weighted by Gasteiger charge is 2.25. The Labute approximate surface area is 176 Å². The second kappa shape index (κ2) is 7.35. The average molecular weight is 418 g/mol. The quantitative estimate of drug-likeness (QED) is 0.504. The molecule has 0 radical (unpaired) electrons. The van der Waals surface area contributed by atoms with Gasteiger partial charge in [-0.15, -0.1) is 11.3 Å². The summed E-state index contributed by atoms with van der Waals surface area (Å²) in [5.74, 6) is 0.0689. The number of para-hydroxylation sites is 2. The van der Waals surface area contributed by atoms with Crippen LogP contribution in [0.15, 0.2) is 60.7 Å². The molecule has 1 aliphatic heterocycles. The predicted octanol–water partition coefficient (Wildman–Crippen LogP) is 4.41. The third-order valence-corrected chi connectivity index (χ3v) is 6.16. The number of phenolic OH excluding ortho intramolecular Hbond substituents is 2. The van der Waals surface area contributed by atoms with Crippen molar-refractivity contribution in [2.45, 2.75) is 6.54 Å². The van der Waals surface area contributed by atoms with E-state index in [1.165, 1.54) is 6.07 Å². The molecule has 0 fully saturated rings. The Kier molecular flexibility index (Phi) is 4.52. The van der Waals surface area contributed by atoms with Crippen LogP contribution in [0.3, 0.4) is 0 Å². The van der Waals surface area contributed by atoms with Gasteiger partial charge in [0.25, 0.3) is 5.91 Å². The van der Waals surface area contributed by atoms with Gasteiger partial charge in [-0.2, -0.15) is 0 Å². The molecule has 7 heteroatoms. The van der Waals surface area contributed by atoms with E-state index in [0.717, 1.165) is 20.8 Å². The maximum Gasteiger partial charge on any atom is 0.258 e. The predicted molar refractivity (Wildman–Crippen MR) is 115 cm³/mol. The van der Waals surface area contributed by atoms with E-state index in [-0.39, 0.29) is 36.1 Å². The van der Waals surface area contributed by atoms with Gasteiger partial charge in [0.05, 0.1) is 22.3 Å². The third kappa shape index (κ3) is 3.23. The lowest BCUT2D eigenvalue weighted by atomic mass is 10.1. The van der Waals surface area contributed by atoms with Crippen molar-refractivity contribution in [2.75, 3.05) is 13.2 Å². The lowest BCUT2D eigenvalue weighted by molar-refractivity contribution is 0.0730. The fourth-order valence-electron chi connectivity index (χ4n) is 3.62. The molecule has 0 saturated carbocycles. The van der Waals surface area contributed by atoms with Crippen molar-refractivity contribution in [2.24, 2.45) is 0 Å². The minimum Gasteiger partial charge on any atom is -0.507 e. The van der Waals surface area contributed by atoms with E-state index in [1.54, 1.807) is 40.5 Å². The summed E-state index contributed by atoms with van der Waals surface area (Å²) in [5.41, 5.74) is 2.62. The molecule has 6 nitrogen and oxygen atoms in total. The van der Waals surface area contributed by atoms with Gasteiger partial charge in [-0.3, -0.25) is 4.79 Å². The minimum absolute atomic E-state index is 0.0265. The van der Waals surface area contributed by atoms with E-state index < -0.39 is 0 Å². The second-order valence-corrected chi connectivity index (χ2v) is 8.09. The summed E-state index contributed by atoms with van der Waals surface area (Å²) in [6.07, 6.45) is 0. The van der Waals surface area contributed by atoms with E-state index in [2.05, 4.69) is 4.98 Å². The number of fused-ring (bicyclic) bond motifs is 2. The molecular formula is C23H18N2O4S. The monoisotopic (exact) mass is 418 g/mol. The highest BCUT2D eigenvalue weighted by atomic mass is 32.1. The largest absolute Gasteiger partial charge is 0.507 e. The van der Waals surface area contributed by atoms with E-state index in [0.29, 0.717) is 17.9 Å². The molecule has 0 bridgehead atoms. The normalized spacial score (nSPS) is 13.5. The first-order valence-electron chi connectivity index (χ1n) is 9.52. The van der Waals surface area contributed by atoms with Crippen molar-refractivity contribution < 1.29 is 19.7 Å². The van der Waals surface area contributed by atoms with Crippen molar-refractivity contribution >= 4 is 27.5 Å². The van der Waals surface area contributed by atoms with E-state index in [9.17, 15) is 15.0 Å². The summed E-state index contributed by atoms with van der Waals surface area (Å²) in [7, 11) is 0. The number of amides is 1. The van der Waals surface area contributed by atoms with Crippen LogP contribution >= 0.6 is 11.3 Å². The molecule has 0 aliphatic carbocycles. The molecule has 0 atom stereocenters. The fraction of sp³-hybridized carbons (Fsp3) is 0.130. The highest BCUT2D eigenvalue weighted by Crippen LogP contribution is 2.40. The van der Waals surface area contributed by atoms with Gasteiger partial charge in [0, 0.05) is 17.7 Å². The molecular weight excluding hydrogens is 400 g/mol. The summed E-state index contributed by atoms with van der Waals surface area (Å²) in [5, 5.41) is 21.4. The number of aromatic hydroxyl groups is 2. The smallest absolute Gasteiger partial charge is 0.258 e. The van der Waals surface area contributed by atoms with Crippen LogP contribution in [0.1, 0.15) is 15.9 Å². The lowest BCUT2D eigenvalue weighted by Crippen LogP contribution is -2.32. The molecule has 1 amide bonds. The van der Waals surface area contributed by atoms with Gasteiger partial charge in [-0.1, -0.05) is 24.3 Å². The number of nitrogens with zero attached hydrogens (tertiary/aromatic N) is 2. The zero-order chi connectivity index (χ0) is 20.7. The SMILES string of the molecule is O=C(c1ccccc1O)N1CCOc2c(O)cc(-c3nc4ccccc4s3)cc2C1. The van der Waals surface area contributed by atoms with Gasteiger partial charge in [0.15, 0.2) is 11.5 Å². The molecule has 0 spiro atoms. The third-order valence-electron chi connectivity index (χ3n) is 5.08.